The van der Waals surface area contributed by atoms with Gasteiger partial charge in [0, 0.05) is 54.6 Å². The van der Waals surface area contributed by atoms with E-state index < -0.39 is 0 Å². The van der Waals surface area contributed by atoms with Crippen molar-refractivity contribution in [2.45, 2.75) is 44.9 Å². The van der Waals surface area contributed by atoms with Crippen molar-refractivity contribution >= 4 is 28.3 Å². The first kappa shape index (κ1) is 23.0. The number of anilines is 1. The minimum absolute atomic E-state index is 0.0776. The predicted octanol–water partition coefficient (Wildman–Crippen LogP) is 6.46. The molecule has 2 N–H and O–H groups in total. The van der Waals surface area contributed by atoms with Crippen molar-refractivity contribution in [1.29, 1.82) is 5.41 Å². The third kappa shape index (κ3) is 5.41. The summed E-state index contributed by atoms with van der Waals surface area (Å²) in [4.78, 5) is 19.9. The summed E-state index contributed by atoms with van der Waals surface area (Å²) >= 11 is 0. The number of nitrogens with one attached hydrogen (secondary N) is 2. The first-order valence-electron chi connectivity index (χ1n) is 11.6. The van der Waals surface area contributed by atoms with Gasteiger partial charge in [-0.05, 0) is 79.6 Å². The van der Waals surface area contributed by atoms with Crippen molar-refractivity contribution in [2.75, 3.05) is 24.5 Å². The maximum absolute atomic E-state index is 13.5. The van der Waals surface area contributed by atoms with Crippen LogP contribution in [0, 0.1) is 17.0 Å². The number of rotatable bonds is 7. The SMILES string of the molecule is CC(CC(=N)CCN(C(=O)N1CCCCC1)c1ccc(F)cc1)c1c[nH]c2cc(F)ccc12. The van der Waals surface area contributed by atoms with Crippen LogP contribution in [-0.2, 0) is 0 Å². The Morgan fingerprint density at radius 2 is 1.79 bits per heavy atom. The third-order valence-corrected chi connectivity index (χ3v) is 6.39. The van der Waals surface area contributed by atoms with Crippen molar-refractivity contribution in [3.8, 4) is 0 Å². The van der Waals surface area contributed by atoms with Crippen molar-refractivity contribution in [3.63, 3.8) is 0 Å². The highest BCUT2D eigenvalue weighted by Gasteiger charge is 2.24. The molecule has 2 aromatic carbocycles. The zero-order chi connectivity index (χ0) is 23.4. The van der Waals surface area contributed by atoms with Crippen molar-refractivity contribution in [1.82, 2.24) is 9.88 Å². The standard InChI is InChI=1S/C26H30F2N4O/c1-18(24-17-30-25-16-20(28)7-10-23(24)25)15-21(29)11-14-32(22-8-5-19(27)6-9-22)26(33)31-12-3-2-4-13-31/h5-10,16-18,29-30H,2-4,11-15H2,1H3. The molecule has 33 heavy (non-hydrogen) atoms. The molecule has 1 aliphatic heterocycles. The van der Waals surface area contributed by atoms with Crippen LogP contribution in [0.4, 0.5) is 19.3 Å². The topological polar surface area (TPSA) is 63.2 Å². The average molecular weight is 453 g/mol. The monoisotopic (exact) mass is 452 g/mol. The molecule has 0 bridgehead atoms. The van der Waals surface area contributed by atoms with E-state index in [9.17, 15) is 13.6 Å². The number of carbonyl (C=O) groups excluding carboxylic acids is 1. The van der Waals surface area contributed by atoms with Crippen LogP contribution in [-0.4, -0.2) is 41.3 Å². The summed E-state index contributed by atoms with van der Waals surface area (Å²) in [6.45, 7) is 3.88. The summed E-state index contributed by atoms with van der Waals surface area (Å²) in [6.07, 6.45) is 5.96. The molecule has 1 aliphatic rings. The summed E-state index contributed by atoms with van der Waals surface area (Å²) in [5.74, 6) is -0.548. The lowest BCUT2D eigenvalue weighted by Crippen LogP contribution is -2.46. The van der Waals surface area contributed by atoms with Gasteiger partial charge in [0.15, 0.2) is 0 Å². The Morgan fingerprint density at radius 1 is 1.09 bits per heavy atom. The van der Waals surface area contributed by atoms with Crippen LogP contribution >= 0.6 is 0 Å². The quantitative estimate of drug-likeness (QED) is 0.397. The van der Waals surface area contributed by atoms with E-state index in [-0.39, 0.29) is 23.6 Å². The van der Waals surface area contributed by atoms with Crippen LogP contribution in [0.5, 0.6) is 0 Å². The number of piperidine rings is 1. The summed E-state index contributed by atoms with van der Waals surface area (Å²) in [5, 5.41) is 9.52. The second kappa shape index (κ2) is 10.1. The molecule has 7 heteroatoms. The van der Waals surface area contributed by atoms with Gasteiger partial charge in [0.05, 0.1) is 0 Å². The van der Waals surface area contributed by atoms with Crippen molar-refractivity contribution in [3.05, 3.63) is 65.9 Å². The van der Waals surface area contributed by atoms with Crippen LogP contribution in [0.2, 0.25) is 0 Å². The maximum atomic E-state index is 13.5. The normalized spacial score (nSPS) is 14.9. The Kier molecular flexibility index (Phi) is 7.06. The van der Waals surface area contributed by atoms with Gasteiger partial charge in [0.2, 0.25) is 0 Å². The number of urea groups is 1. The highest BCUT2D eigenvalue weighted by Crippen LogP contribution is 2.29. The summed E-state index contributed by atoms with van der Waals surface area (Å²) in [7, 11) is 0. The molecule has 0 aliphatic carbocycles. The second-order valence-electron chi connectivity index (χ2n) is 8.85. The fraction of sp³-hybridized carbons (Fsp3) is 0.385. The van der Waals surface area contributed by atoms with E-state index in [1.807, 2.05) is 11.1 Å². The van der Waals surface area contributed by atoms with Gasteiger partial charge < -0.3 is 15.3 Å². The fourth-order valence-corrected chi connectivity index (χ4v) is 4.57. The highest BCUT2D eigenvalue weighted by molar-refractivity contribution is 5.93. The molecule has 1 saturated heterocycles. The van der Waals surface area contributed by atoms with E-state index in [0.29, 0.717) is 30.8 Å². The molecule has 1 fully saturated rings. The van der Waals surface area contributed by atoms with Gasteiger partial charge in [-0.1, -0.05) is 6.92 Å². The van der Waals surface area contributed by atoms with Gasteiger partial charge in [0.25, 0.3) is 0 Å². The molecule has 0 saturated carbocycles. The van der Waals surface area contributed by atoms with E-state index in [0.717, 1.165) is 48.8 Å². The largest absolute Gasteiger partial charge is 0.361 e. The third-order valence-electron chi connectivity index (χ3n) is 6.39. The molecule has 4 rings (SSSR count). The highest BCUT2D eigenvalue weighted by atomic mass is 19.1. The number of hydrogen-bond acceptors (Lipinski definition) is 2. The number of likely N-dealkylation sites (tertiary alicyclic amines) is 1. The number of fused-ring (bicyclic) bond motifs is 1. The van der Waals surface area contributed by atoms with Gasteiger partial charge in [0.1, 0.15) is 11.6 Å². The molecule has 0 spiro atoms. The van der Waals surface area contributed by atoms with Crippen molar-refractivity contribution in [2.24, 2.45) is 0 Å². The first-order chi connectivity index (χ1) is 15.9. The molecule has 1 unspecified atom stereocenters. The molecule has 2 amide bonds. The molecule has 5 nitrogen and oxygen atoms in total. The lowest BCUT2D eigenvalue weighted by molar-refractivity contribution is 0.193. The number of aromatic nitrogens is 1. The van der Waals surface area contributed by atoms with Crippen LogP contribution < -0.4 is 4.90 Å². The summed E-state index contributed by atoms with van der Waals surface area (Å²) < 4.78 is 26.9. The number of hydrogen-bond donors (Lipinski definition) is 2. The van der Waals surface area contributed by atoms with E-state index in [4.69, 9.17) is 5.41 Å². The van der Waals surface area contributed by atoms with Gasteiger partial charge in [-0.3, -0.25) is 4.90 Å². The summed E-state index contributed by atoms with van der Waals surface area (Å²) in [5.41, 5.74) is 2.98. The molecular formula is C26H30F2N4O. The summed E-state index contributed by atoms with van der Waals surface area (Å²) in [6, 6.07) is 10.6. The Balaban J connectivity index is 1.43. The molecule has 1 atom stereocenters. The number of amides is 2. The van der Waals surface area contributed by atoms with Crippen LogP contribution in [0.1, 0.15) is 50.5 Å². The molecule has 174 valence electrons. The smallest absolute Gasteiger partial charge is 0.324 e. The number of H-pyrrole nitrogens is 1. The minimum Gasteiger partial charge on any atom is -0.361 e. The fourth-order valence-electron chi connectivity index (χ4n) is 4.57. The molecule has 3 aromatic rings. The Hall–Kier alpha value is -3.22. The molecule has 0 radical (unpaired) electrons. The van der Waals surface area contributed by atoms with Crippen LogP contribution in [0.15, 0.2) is 48.7 Å². The lowest BCUT2D eigenvalue weighted by atomic mass is 9.94. The zero-order valence-electron chi connectivity index (χ0n) is 18.9. The second-order valence-corrected chi connectivity index (χ2v) is 8.85. The number of carbonyl (C=O) groups is 1. The van der Waals surface area contributed by atoms with E-state index >= 15 is 0 Å². The Morgan fingerprint density at radius 3 is 2.52 bits per heavy atom. The number of benzene rings is 2. The molecule has 2 heterocycles. The maximum Gasteiger partial charge on any atom is 0.324 e. The van der Waals surface area contributed by atoms with Gasteiger partial charge in [-0.25, -0.2) is 13.6 Å². The van der Waals surface area contributed by atoms with Crippen LogP contribution in [0.25, 0.3) is 10.9 Å². The number of nitrogens with zero attached hydrogens (tertiary/aromatic N) is 2. The number of aromatic amines is 1. The van der Waals surface area contributed by atoms with Gasteiger partial charge in [-0.2, -0.15) is 0 Å². The Bertz CT molecular complexity index is 1120. The van der Waals surface area contributed by atoms with E-state index in [2.05, 4.69) is 11.9 Å². The van der Waals surface area contributed by atoms with Crippen molar-refractivity contribution < 1.29 is 13.6 Å². The van der Waals surface area contributed by atoms with E-state index in [1.54, 1.807) is 23.1 Å². The minimum atomic E-state index is -0.343. The molecular weight excluding hydrogens is 422 g/mol. The predicted molar refractivity (Wildman–Crippen MR) is 128 cm³/mol. The Labute approximate surface area is 192 Å². The van der Waals surface area contributed by atoms with Crippen LogP contribution in [0.3, 0.4) is 0 Å². The number of halogens is 2. The zero-order valence-corrected chi connectivity index (χ0v) is 18.9. The first-order valence-corrected chi connectivity index (χ1v) is 11.6. The average Bonchev–Trinajstić information content (AvgIpc) is 3.24. The molecule has 1 aromatic heterocycles. The van der Waals surface area contributed by atoms with Gasteiger partial charge in [-0.15, -0.1) is 0 Å². The van der Waals surface area contributed by atoms with Gasteiger partial charge >= 0.3 is 6.03 Å². The van der Waals surface area contributed by atoms with E-state index in [1.165, 1.54) is 24.3 Å². The lowest BCUT2D eigenvalue weighted by Gasteiger charge is -2.33.